The quantitative estimate of drug-likeness (QED) is 0.795. The normalized spacial score (nSPS) is 12.0. The van der Waals surface area contributed by atoms with Gasteiger partial charge >= 0.3 is 0 Å². The molecule has 2 aromatic rings. The number of aliphatic hydroxyl groups is 1. The third kappa shape index (κ3) is 4.33. The maximum absolute atomic E-state index is 12.0. The first-order valence-electron chi connectivity index (χ1n) is 6.46. The van der Waals surface area contributed by atoms with Gasteiger partial charge in [-0.3, -0.25) is 4.79 Å². The summed E-state index contributed by atoms with van der Waals surface area (Å²) in [6.07, 6.45) is 1.29. The molecule has 0 aliphatic rings. The number of aliphatic hydroxyl groups excluding tert-OH is 1. The van der Waals surface area contributed by atoms with Crippen LogP contribution in [0.15, 0.2) is 57.9 Å². The Morgan fingerprint density at radius 2 is 1.90 bits per heavy atom. The van der Waals surface area contributed by atoms with Crippen molar-refractivity contribution < 1.29 is 9.90 Å². The molecule has 0 aliphatic carbocycles. The predicted molar refractivity (Wildman–Crippen MR) is 89.7 cm³/mol. The van der Waals surface area contributed by atoms with Crippen molar-refractivity contribution in [1.82, 2.24) is 5.32 Å². The van der Waals surface area contributed by atoms with E-state index < -0.39 is 6.10 Å². The standard InChI is InChI=1S/C16H16BrNO2S/c1-21-12-8-6-11(7-9-12)15(19)10-18-16(20)13-4-2-3-5-14(13)17/h2-9,15,19H,10H2,1H3,(H,18,20)/t15-/m0/s1. The van der Waals surface area contributed by atoms with E-state index >= 15 is 0 Å². The summed E-state index contributed by atoms with van der Waals surface area (Å²) in [7, 11) is 0. The number of hydrogen-bond acceptors (Lipinski definition) is 3. The van der Waals surface area contributed by atoms with Gasteiger partial charge in [-0.05, 0) is 52.0 Å². The molecule has 21 heavy (non-hydrogen) atoms. The number of hydrogen-bond donors (Lipinski definition) is 2. The first-order chi connectivity index (χ1) is 10.1. The van der Waals surface area contributed by atoms with Gasteiger partial charge in [0.05, 0.1) is 11.7 Å². The van der Waals surface area contributed by atoms with Crippen molar-refractivity contribution in [2.24, 2.45) is 0 Å². The van der Waals surface area contributed by atoms with Gasteiger partial charge in [-0.15, -0.1) is 11.8 Å². The molecule has 0 unspecified atom stereocenters. The lowest BCUT2D eigenvalue weighted by Crippen LogP contribution is -2.28. The molecule has 0 spiro atoms. The van der Waals surface area contributed by atoms with Crippen LogP contribution in [-0.4, -0.2) is 23.8 Å². The number of amides is 1. The molecule has 1 atom stereocenters. The fourth-order valence-electron chi connectivity index (χ4n) is 1.87. The Morgan fingerprint density at radius 3 is 2.52 bits per heavy atom. The molecule has 2 rings (SSSR count). The Hall–Kier alpha value is -1.30. The van der Waals surface area contributed by atoms with Crippen molar-refractivity contribution >= 4 is 33.6 Å². The number of benzene rings is 2. The fraction of sp³-hybridized carbons (Fsp3) is 0.188. The van der Waals surface area contributed by atoms with Gasteiger partial charge < -0.3 is 10.4 Å². The lowest BCUT2D eigenvalue weighted by molar-refractivity contribution is 0.0915. The lowest BCUT2D eigenvalue weighted by Gasteiger charge is -2.13. The van der Waals surface area contributed by atoms with Crippen molar-refractivity contribution in [3.63, 3.8) is 0 Å². The second-order valence-electron chi connectivity index (χ2n) is 4.48. The molecule has 2 N–H and O–H groups in total. The Bertz CT molecular complexity index is 616. The zero-order valence-electron chi connectivity index (χ0n) is 11.5. The highest BCUT2D eigenvalue weighted by Gasteiger charge is 2.12. The minimum atomic E-state index is -0.715. The van der Waals surface area contributed by atoms with E-state index in [4.69, 9.17) is 0 Å². The molecule has 0 radical (unpaired) electrons. The predicted octanol–water partition coefficient (Wildman–Crippen LogP) is 3.63. The molecule has 0 aromatic heterocycles. The van der Waals surface area contributed by atoms with Crippen LogP contribution >= 0.6 is 27.7 Å². The Labute approximate surface area is 136 Å². The molecular weight excluding hydrogens is 350 g/mol. The smallest absolute Gasteiger partial charge is 0.252 e. The van der Waals surface area contributed by atoms with E-state index in [1.165, 1.54) is 0 Å². The second-order valence-corrected chi connectivity index (χ2v) is 6.21. The number of carbonyl (C=O) groups excluding carboxylic acids is 1. The maximum atomic E-state index is 12.0. The molecule has 0 bridgehead atoms. The molecule has 3 nitrogen and oxygen atoms in total. The van der Waals surface area contributed by atoms with Gasteiger partial charge in [0, 0.05) is 15.9 Å². The molecule has 0 saturated heterocycles. The summed E-state index contributed by atoms with van der Waals surface area (Å²) < 4.78 is 0.737. The Balaban J connectivity index is 1.95. The topological polar surface area (TPSA) is 49.3 Å². The van der Waals surface area contributed by atoms with Crippen molar-refractivity contribution in [1.29, 1.82) is 0 Å². The lowest BCUT2D eigenvalue weighted by atomic mass is 10.1. The van der Waals surface area contributed by atoms with Crippen molar-refractivity contribution in [2.45, 2.75) is 11.0 Å². The summed E-state index contributed by atoms with van der Waals surface area (Å²) in [6, 6.07) is 14.9. The summed E-state index contributed by atoms with van der Waals surface area (Å²) in [5.74, 6) is -0.206. The number of nitrogens with one attached hydrogen (secondary N) is 1. The summed E-state index contributed by atoms with van der Waals surface area (Å²) in [6.45, 7) is 0.179. The van der Waals surface area contributed by atoms with Crippen LogP contribution in [0.2, 0.25) is 0 Å². The molecule has 5 heteroatoms. The largest absolute Gasteiger partial charge is 0.387 e. The van der Waals surface area contributed by atoms with Gasteiger partial charge in [0.25, 0.3) is 5.91 Å². The second kappa shape index (κ2) is 7.64. The van der Waals surface area contributed by atoms with Gasteiger partial charge in [-0.1, -0.05) is 24.3 Å². The zero-order valence-corrected chi connectivity index (χ0v) is 13.9. The van der Waals surface area contributed by atoms with Crippen LogP contribution in [0.5, 0.6) is 0 Å². The van der Waals surface area contributed by atoms with Crippen LogP contribution in [0.4, 0.5) is 0 Å². The molecule has 0 fully saturated rings. The van der Waals surface area contributed by atoms with Gasteiger partial charge in [-0.25, -0.2) is 0 Å². The number of rotatable bonds is 5. The molecule has 110 valence electrons. The molecule has 0 aliphatic heterocycles. The highest BCUT2D eigenvalue weighted by molar-refractivity contribution is 9.10. The number of thioether (sulfide) groups is 1. The maximum Gasteiger partial charge on any atom is 0.252 e. The molecular formula is C16H16BrNO2S. The van der Waals surface area contributed by atoms with E-state index in [-0.39, 0.29) is 12.5 Å². The van der Waals surface area contributed by atoms with Crippen molar-refractivity contribution in [2.75, 3.05) is 12.8 Å². The first kappa shape index (κ1) is 16.1. The molecule has 0 heterocycles. The summed E-state index contributed by atoms with van der Waals surface area (Å²) in [4.78, 5) is 13.2. The zero-order chi connectivity index (χ0) is 15.2. The van der Waals surface area contributed by atoms with Crippen LogP contribution in [0.3, 0.4) is 0 Å². The van der Waals surface area contributed by atoms with Gasteiger partial charge in [0.15, 0.2) is 0 Å². The highest BCUT2D eigenvalue weighted by Crippen LogP contribution is 2.19. The molecule has 2 aromatic carbocycles. The van der Waals surface area contributed by atoms with Crippen LogP contribution < -0.4 is 5.32 Å². The minimum Gasteiger partial charge on any atom is -0.387 e. The van der Waals surface area contributed by atoms with E-state index in [2.05, 4.69) is 21.2 Å². The van der Waals surface area contributed by atoms with Crippen molar-refractivity contribution in [3.05, 3.63) is 64.1 Å². The number of carbonyl (C=O) groups is 1. The van der Waals surface area contributed by atoms with Crippen LogP contribution in [0.1, 0.15) is 22.0 Å². The van der Waals surface area contributed by atoms with Crippen LogP contribution in [0, 0.1) is 0 Å². The van der Waals surface area contributed by atoms with Crippen LogP contribution in [-0.2, 0) is 0 Å². The Morgan fingerprint density at radius 1 is 1.24 bits per heavy atom. The minimum absolute atomic E-state index is 0.179. The van der Waals surface area contributed by atoms with E-state index in [0.717, 1.165) is 14.9 Å². The molecule has 1 amide bonds. The average Bonchev–Trinajstić information content (AvgIpc) is 2.52. The summed E-state index contributed by atoms with van der Waals surface area (Å²) in [5.41, 5.74) is 1.35. The van der Waals surface area contributed by atoms with Crippen LogP contribution in [0.25, 0.3) is 0 Å². The van der Waals surface area contributed by atoms with E-state index in [0.29, 0.717) is 5.56 Å². The third-order valence-corrected chi connectivity index (χ3v) is 4.51. The SMILES string of the molecule is CSc1ccc([C@@H](O)CNC(=O)c2ccccc2Br)cc1. The molecule has 0 saturated carbocycles. The highest BCUT2D eigenvalue weighted by atomic mass is 79.9. The summed E-state index contributed by atoms with van der Waals surface area (Å²) in [5, 5.41) is 12.9. The first-order valence-corrected chi connectivity index (χ1v) is 8.48. The van der Waals surface area contributed by atoms with Gasteiger partial charge in [-0.2, -0.15) is 0 Å². The third-order valence-electron chi connectivity index (χ3n) is 3.08. The van der Waals surface area contributed by atoms with E-state index in [1.54, 1.807) is 23.9 Å². The fourth-order valence-corrected chi connectivity index (χ4v) is 2.75. The van der Waals surface area contributed by atoms with Crippen molar-refractivity contribution in [3.8, 4) is 0 Å². The average molecular weight is 366 g/mol. The van der Waals surface area contributed by atoms with E-state index in [1.807, 2.05) is 42.7 Å². The number of halogens is 1. The Kier molecular flexibility index (Phi) is 5.85. The van der Waals surface area contributed by atoms with Gasteiger partial charge in [0.2, 0.25) is 0 Å². The van der Waals surface area contributed by atoms with Gasteiger partial charge in [0.1, 0.15) is 0 Å². The summed E-state index contributed by atoms with van der Waals surface area (Å²) >= 11 is 4.99. The monoisotopic (exact) mass is 365 g/mol. The van der Waals surface area contributed by atoms with E-state index in [9.17, 15) is 9.90 Å².